The molecule has 0 fully saturated rings. The van der Waals surface area contributed by atoms with Gasteiger partial charge in [0.2, 0.25) is 0 Å². The Bertz CT molecular complexity index is 188. The van der Waals surface area contributed by atoms with Crippen molar-refractivity contribution in [3.8, 4) is 0 Å². The number of aliphatic hydroxyl groups excluding tert-OH is 5. The molecule has 0 aliphatic carbocycles. The summed E-state index contributed by atoms with van der Waals surface area (Å²) >= 11 is 0. The summed E-state index contributed by atoms with van der Waals surface area (Å²) < 4.78 is 25.7. The molecule has 6 atom stereocenters. The Kier molecular flexibility index (Phi) is 82.8. The van der Waals surface area contributed by atoms with Gasteiger partial charge >= 0.3 is 18.9 Å². The van der Waals surface area contributed by atoms with Crippen molar-refractivity contribution in [2.45, 2.75) is 79.3 Å². The molecule has 0 aliphatic heterocycles. The monoisotopic (exact) mass is 555 g/mol. The van der Waals surface area contributed by atoms with E-state index in [2.05, 4.69) is 28.4 Å². The van der Waals surface area contributed by atoms with Gasteiger partial charge in [0, 0.05) is 65.0 Å². The number of ether oxygens (including phenoxy) is 6. The van der Waals surface area contributed by atoms with Gasteiger partial charge in [0.1, 0.15) is 0 Å². The number of methoxy groups -OCH3 is 6. The van der Waals surface area contributed by atoms with Crippen LogP contribution < -0.4 is 24.0 Å². The van der Waals surface area contributed by atoms with Crippen LogP contribution in [0.15, 0.2) is 0 Å². The van der Waals surface area contributed by atoms with E-state index in [0.717, 1.165) is 0 Å². The first-order chi connectivity index (χ1) is 13.6. The van der Waals surface area contributed by atoms with Crippen LogP contribution in [0.5, 0.6) is 0 Å². The SMILES string of the molecule is COC(C)O.COC(C)O.COC(C)O.COC(C)O.COC(C)O.COC(C)[O-].[Li+].[Nb]. The molecule has 0 bridgehead atoms. The van der Waals surface area contributed by atoms with E-state index in [1.165, 1.54) is 49.6 Å². The third-order valence-electron chi connectivity index (χ3n) is 2.04. The van der Waals surface area contributed by atoms with Crippen molar-refractivity contribution >= 4 is 0 Å². The van der Waals surface area contributed by atoms with Gasteiger partial charge in [0.25, 0.3) is 0 Å². The van der Waals surface area contributed by atoms with Gasteiger partial charge in [0.05, 0.1) is 0 Å². The Morgan fingerprint density at radius 2 is 0.500 bits per heavy atom. The number of aliphatic hydroxyl groups is 5. The Labute approximate surface area is 221 Å². The third kappa shape index (κ3) is 166. The Morgan fingerprint density at radius 3 is 0.500 bits per heavy atom. The molecule has 0 aromatic carbocycles. The summed E-state index contributed by atoms with van der Waals surface area (Å²) in [6.07, 6.45) is -3.94. The van der Waals surface area contributed by atoms with Crippen molar-refractivity contribution in [3.63, 3.8) is 0 Å². The molecular weight excluding hydrogens is 508 g/mol. The molecule has 12 nitrogen and oxygen atoms in total. The standard InChI is InChI=1S/5C3H8O2.C3H7O2.Li.Nb/c6*1-3(4)5-2;;/h5*3-4H,1-2H3;3H,1-2H3;;/q;;;;;-1;+1;. The number of hydrogen-bond acceptors (Lipinski definition) is 12. The van der Waals surface area contributed by atoms with E-state index in [4.69, 9.17) is 25.5 Å². The maximum Gasteiger partial charge on any atom is 1.00 e. The molecule has 0 saturated heterocycles. The second-order valence-corrected chi connectivity index (χ2v) is 4.98. The minimum Gasteiger partial charge on any atom is -0.831 e. The molecular formula is C18H47LiNbO12. The molecule has 0 saturated carbocycles. The van der Waals surface area contributed by atoms with E-state index in [1.807, 2.05) is 0 Å². The quantitative estimate of drug-likeness (QED) is 0.160. The topological polar surface area (TPSA) is 180 Å². The van der Waals surface area contributed by atoms with E-state index >= 15 is 0 Å². The van der Waals surface area contributed by atoms with E-state index in [9.17, 15) is 5.11 Å². The normalized spacial score (nSPS) is 14.1. The minimum absolute atomic E-state index is 0. The van der Waals surface area contributed by atoms with Crippen LogP contribution in [0, 0.1) is 0 Å². The van der Waals surface area contributed by atoms with Crippen LogP contribution in [-0.2, 0) is 50.8 Å². The number of rotatable bonds is 6. The van der Waals surface area contributed by atoms with Crippen LogP contribution >= 0.6 is 0 Å². The van der Waals surface area contributed by atoms with Crippen molar-refractivity contribution in [2.24, 2.45) is 0 Å². The molecule has 6 unspecified atom stereocenters. The molecule has 0 aliphatic rings. The van der Waals surface area contributed by atoms with E-state index in [0.29, 0.717) is 0 Å². The third-order valence-corrected chi connectivity index (χ3v) is 2.04. The predicted molar refractivity (Wildman–Crippen MR) is 110 cm³/mol. The van der Waals surface area contributed by atoms with E-state index in [-0.39, 0.29) is 41.2 Å². The van der Waals surface area contributed by atoms with Crippen LogP contribution in [0.25, 0.3) is 0 Å². The van der Waals surface area contributed by atoms with Crippen molar-refractivity contribution in [1.82, 2.24) is 0 Å². The van der Waals surface area contributed by atoms with Gasteiger partial charge < -0.3 is 59.1 Å². The van der Waals surface area contributed by atoms with Crippen LogP contribution in [-0.4, -0.2) is 106 Å². The first kappa shape index (κ1) is 54.0. The second kappa shape index (κ2) is 49.1. The molecule has 197 valence electrons. The van der Waals surface area contributed by atoms with Gasteiger partial charge in [-0.2, -0.15) is 0 Å². The van der Waals surface area contributed by atoms with Gasteiger partial charge in [-0.1, -0.05) is 6.92 Å². The zero-order valence-corrected chi connectivity index (χ0v) is 24.2. The first-order valence-electron chi connectivity index (χ1n) is 8.85. The Morgan fingerprint density at radius 1 is 0.438 bits per heavy atom. The smallest absolute Gasteiger partial charge is 0.831 e. The van der Waals surface area contributed by atoms with Crippen LogP contribution in [0.2, 0.25) is 0 Å². The molecule has 1 radical (unpaired) electrons. The average molecular weight is 555 g/mol. The molecule has 0 rings (SSSR count). The molecule has 0 heterocycles. The zero-order chi connectivity index (χ0) is 25.7. The second-order valence-electron chi connectivity index (χ2n) is 4.98. The molecule has 0 aromatic rings. The minimum atomic E-state index is -0.866. The predicted octanol–water partition coefficient (Wildman–Crippen LogP) is -3.80. The first-order valence-corrected chi connectivity index (χ1v) is 8.85. The van der Waals surface area contributed by atoms with E-state index < -0.39 is 37.7 Å². The van der Waals surface area contributed by atoms with E-state index in [1.54, 1.807) is 34.6 Å². The summed E-state index contributed by atoms with van der Waals surface area (Å²) in [7, 11) is 8.63. The van der Waals surface area contributed by atoms with Gasteiger partial charge in [-0.15, -0.1) is 0 Å². The van der Waals surface area contributed by atoms with Gasteiger partial charge in [-0.3, -0.25) is 0 Å². The maximum absolute atomic E-state index is 9.67. The number of hydrogen-bond donors (Lipinski definition) is 5. The molecule has 0 aromatic heterocycles. The van der Waals surface area contributed by atoms with Crippen molar-refractivity contribution in [2.75, 3.05) is 42.7 Å². The summed E-state index contributed by atoms with van der Waals surface area (Å²) in [5.74, 6) is 0. The summed E-state index contributed by atoms with van der Waals surface area (Å²) in [5, 5.41) is 50.4. The summed E-state index contributed by atoms with van der Waals surface area (Å²) in [6, 6.07) is 0. The largest absolute Gasteiger partial charge is 1.00 e. The fraction of sp³-hybridized carbons (Fsp3) is 1.00. The molecule has 0 spiro atoms. The van der Waals surface area contributed by atoms with Crippen LogP contribution in [0.4, 0.5) is 0 Å². The molecule has 32 heavy (non-hydrogen) atoms. The Balaban J connectivity index is -0.0000000356. The maximum atomic E-state index is 9.67. The van der Waals surface area contributed by atoms with Crippen molar-refractivity contribution in [3.05, 3.63) is 0 Å². The summed E-state index contributed by atoms with van der Waals surface area (Å²) in [6.45, 7) is 9.22. The van der Waals surface area contributed by atoms with Gasteiger partial charge in [-0.25, -0.2) is 0 Å². The molecule has 0 amide bonds. The van der Waals surface area contributed by atoms with Gasteiger partial charge in [0.15, 0.2) is 31.5 Å². The van der Waals surface area contributed by atoms with Crippen LogP contribution in [0.3, 0.4) is 0 Å². The fourth-order valence-electron chi connectivity index (χ4n) is 0. The zero-order valence-electron chi connectivity index (χ0n) is 22.0. The summed E-state index contributed by atoms with van der Waals surface area (Å²) in [5.41, 5.74) is 0. The molecule has 14 heteroatoms. The van der Waals surface area contributed by atoms with Crippen molar-refractivity contribution < 1.29 is 100 Å². The Hall–Kier alpha value is 0.858. The van der Waals surface area contributed by atoms with Crippen LogP contribution in [0.1, 0.15) is 41.5 Å². The molecule has 5 N–H and O–H groups in total. The van der Waals surface area contributed by atoms with Crippen molar-refractivity contribution in [1.29, 1.82) is 0 Å². The summed E-state index contributed by atoms with van der Waals surface area (Å²) in [4.78, 5) is 0. The van der Waals surface area contributed by atoms with Gasteiger partial charge in [-0.05, 0) is 40.9 Å². The fourth-order valence-corrected chi connectivity index (χ4v) is 0. The average Bonchev–Trinajstić information content (AvgIpc) is 2.69.